The summed E-state index contributed by atoms with van der Waals surface area (Å²) in [4.78, 5) is 4.33. The molecule has 7 heteroatoms. The van der Waals surface area contributed by atoms with E-state index in [2.05, 4.69) is 17.1 Å². The number of hydrogen-bond donors (Lipinski definition) is 1. The third-order valence-corrected chi connectivity index (χ3v) is 5.79. The van der Waals surface area contributed by atoms with Crippen molar-refractivity contribution in [2.75, 3.05) is 5.84 Å². The highest BCUT2D eigenvalue weighted by Crippen LogP contribution is 2.23. The molecule has 0 unspecified atom stereocenters. The minimum atomic E-state index is -4.33. The Morgan fingerprint density at radius 1 is 0.900 bits per heavy atom. The van der Waals surface area contributed by atoms with Gasteiger partial charge in [-0.2, -0.15) is 0 Å². The lowest BCUT2D eigenvalue weighted by atomic mass is 10.1. The molecule has 0 spiro atoms. The second-order valence-electron chi connectivity index (χ2n) is 7.07. The Morgan fingerprint density at radius 2 is 1.47 bits per heavy atom. The van der Waals surface area contributed by atoms with E-state index < -0.39 is 10.1 Å². The van der Waals surface area contributed by atoms with E-state index in [0.29, 0.717) is 11.1 Å². The third-order valence-electron chi connectivity index (χ3n) is 4.65. The summed E-state index contributed by atoms with van der Waals surface area (Å²) in [6.07, 6.45) is 1.64. The largest absolute Gasteiger partial charge is 0.744 e. The zero-order chi connectivity index (χ0) is 21.9. The molecule has 0 aliphatic rings. The fraction of sp³-hybridized carbons (Fsp3) is 0.130. The van der Waals surface area contributed by atoms with E-state index in [1.807, 2.05) is 49.4 Å². The average Bonchev–Trinajstić information content (AvgIpc) is 2.68. The highest BCUT2D eigenvalue weighted by molar-refractivity contribution is 7.85. The molecule has 0 atom stereocenters. The molecule has 0 amide bonds. The Balaban J connectivity index is 0.000000178. The summed E-state index contributed by atoms with van der Waals surface area (Å²) in [5.74, 6) is 5.86. The van der Waals surface area contributed by atoms with Gasteiger partial charge < -0.3 is 4.55 Å². The highest BCUT2D eigenvalue weighted by atomic mass is 32.2. The molecule has 4 rings (SSSR count). The molecule has 3 aromatic carbocycles. The summed E-state index contributed by atoms with van der Waals surface area (Å²) in [5.41, 5.74) is 5.04. The Kier molecular flexibility index (Phi) is 6.14. The molecule has 0 aliphatic carbocycles. The van der Waals surface area contributed by atoms with Gasteiger partial charge in [0.2, 0.25) is 0 Å². The molecule has 0 radical (unpaired) electrons. The predicted octanol–water partition coefficient (Wildman–Crippen LogP) is 3.42. The van der Waals surface area contributed by atoms with Gasteiger partial charge in [0, 0.05) is 5.56 Å². The number of aryl methyl sites for hydroxylation is 3. The van der Waals surface area contributed by atoms with Crippen molar-refractivity contribution in [1.82, 2.24) is 4.98 Å². The second kappa shape index (κ2) is 8.61. The molecule has 30 heavy (non-hydrogen) atoms. The minimum Gasteiger partial charge on any atom is -0.744 e. The lowest BCUT2D eigenvalue weighted by Crippen LogP contribution is -2.45. The maximum atomic E-state index is 10.8. The zero-order valence-electron chi connectivity index (χ0n) is 17.0. The van der Waals surface area contributed by atoms with Crippen LogP contribution in [-0.4, -0.2) is 18.0 Å². The van der Waals surface area contributed by atoms with Gasteiger partial charge in [-0.15, -0.1) is 4.68 Å². The summed E-state index contributed by atoms with van der Waals surface area (Å²) in [5, 5.41) is 1.06. The molecule has 1 aromatic heterocycles. The van der Waals surface area contributed by atoms with Gasteiger partial charge in [0.15, 0.2) is 11.2 Å². The standard InChI is InChI=1S/C14H12N3.C9H12O3S/c15-17-10-16-14(11-6-2-1-3-7-11)12-8-4-5-9-13(12)17;1-6-4-7(2)9(8(3)5-6)13(10,11)12/h1-10H,15H2;4-5H,1-3H3,(H,10,11,12)/q+1;/p-1. The van der Waals surface area contributed by atoms with Crippen molar-refractivity contribution in [2.24, 2.45) is 0 Å². The van der Waals surface area contributed by atoms with Crippen LogP contribution in [0.4, 0.5) is 0 Å². The van der Waals surface area contributed by atoms with Crippen molar-refractivity contribution >= 4 is 21.0 Å². The number of nitrogens with zero attached hydrogens (tertiary/aromatic N) is 2. The molecule has 6 nitrogen and oxygen atoms in total. The van der Waals surface area contributed by atoms with E-state index in [-0.39, 0.29) is 4.90 Å². The van der Waals surface area contributed by atoms with Crippen molar-refractivity contribution in [3.63, 3.8) is 0 Å². The van der Waals surface area contributed by atoms with Crippen molar-refractivity contribution < 1.29 is 17.6 Å². The van der Waals surface area contributed by atoms with Gasteiger partial charge in [0.05, 0.1) is 10.3 Å². The van der Waals surface area contributed by atoms with Crippen LogP contribution in [0.2, 0.25) is 0 Å². The lowest BCUT2D eigenvalue weighted by Gasteiger charge is -2.14. The molecule has 0 bridgehead atoms. The van der Waals surface area contributed by atoms with Crippen LogP contribution in [0, 0.1) is 20.8 Å². The van der Waals surface area contributed by atoms with E-state index in [1.54, 1.807) is 37.0 Å². The number of benzene rings is 3. The zero-order valence-corrected chi connectivity index (χ0v) is 17.8. The Morgan fingerprint density at radius 3 is 2.07 bits per heavy atom. The molecule has 154 valence electrons. The van der Waals surface area contributed by atoms with Crippen LogP contribution in [0.5, 0.6) is 0 Å². The van der Waals surface area contributed by atoms with Gasteiger partial charge in [-0.05, 0) is 49.0 Å². The SMILES string of the molecule is Cc1cc(C)c(S(=O)(=O)[O-])c(C)c1.N[n+]1cnc(-c2ccccc2)c2ccccc21. The number of fused-ring (bicyclic) bond motifs is 1. The summed E-state index contributed by atoms with van der Waals surface area (Å²) in [6, 6.07) is 21.5. The van der Waals surface area contributed by atoms with Gasteiger partial charge >= 0.3 is 6.33 Å². The molecule has 1 heterocycles. The molecule has 0 saturated carbocycles. The first-order valence-corrected chi connectivity index (χ1v) is 10.7. The van der Waals surface area contributed by atoms with Crippen LogP contribution < -0.4 is 10.5 Å². The third kappa shape index (κ3) is 4.64. The summed E-state index contributed by atoms with van der Waals surface area (Å²) < 4.78 is 34.0. The van der Waals surface area contributed by atoms with Crippen molar-refractivity contribution in [3.8, 4) is 11.3 Å². The Bertz CT molecular complexity index is 1280. The molecular weight excluding hydrogens is 398 g/mol. The number of aromatic nitrogens is 2. The Labute approximate surface area is 176 Å². The van der Waals surface area contributed by atoms with Gasteiger partial charge in [-0.3, -0.25) is 5.84 Å². The highest BCUT2D eigenvalue weighted by Gasteiger charge is 2.13. The molecule has 0 saturated heterocycles. The number of hydrogen-bond acceptors (Lipinski definition) is 5. The normalized spacial score (nSPS) is 11.1. The van der Waals surface area contributed by atoms with Crippen molar-refractivity contribution in [1.29, 1.82) is 0 Å². The maximum Gasteiger partial charge on any atom is 0.310 e. The quantitative estimate of drug-likeness (QED) is 0.304. The number of para-hydroxylation sites is 1. The maximum absolute atomic E-state index is 10.8. The first-order valence-electron chi connectivity index (χ1n) is 9.32. The van der Waals surface area contributed by atoms with Gasteiger partial charge in [0.1, 0.15) is 10.1 Å². The summed E-state index contributed by atoms with van der Waals surface area (Å²) in [7, 11) is -4.33. The van der Waals surface area contributed by atoms with Crippen LogP contribution >= 0.6 is 0 Å². The van der Waals surface area contributed by atoms with E-state index >= 15 is 0 Å². The number of nitrogen functional groups attached to an aromatic ring is 1. The van der Waals surface area contributed by atoms with Crippen LogP contribution in [-0.2, 0) is 10.1 Å². The lowest BCUT2D eigenvalue weighted by molar-refractivity contribution is -0.614. The average molecular weight is 422 g/mol. The molecule has 2 N–H and O–H groups in total. The van der Waals surface area contributed by atoms with E-state index in [1.165, 1.54) is 0 Å². The summed E-state index contributed by atoms with van der Waals surface area (Å²) >= 11 is 0. The van der Waals surface area contributed by atoms with Crippen LogP contribution in [0.25, 0.3) is 22.2 Å². The second-order valence-corrected chi connectivity index (χ2v) is 8.38. The summed E-state index contributed by atoms with van der Waals surface area (Å²) in [6.45, 7) is 5.12. The van der Waals surface area contributed by atoms with Crippen LogP contribution in [0.15, 0.2) is 78.0 Å². The monoisotopic (exact) mass is 421 g/mol. The van der Waals surface area contributed by atoms with Gasteiger partial charge in [0.25, 0.3) is 0 Å². The van der Waals surface area contributed by atoms with E-state index in [4.69, 9.17) is 5.84 Å². The van der Waals surface area contributed by atoms with Crippen LogP contribution in [0.3, 0.4) is 0 Å². The number of nitrogens with two attached hydrogens (primary N) is 1. The molecule has 4 aromatic rings. The molecule has 0 fully saturated rings. The van der Waals surface area contributed by atoms with Crippen LogP contribution in [0.1, 0.15) is 16.7 Å². The Hall–Kier alpha value is -3.29. The molecule has 0 aliphatic heterocycles. The fourth-order valence-electron chi connectivity index (χ4n) is 3.54. The van der Waals surface area contributed by atoms with Crippen molar-refractivity contribution in [2.45, 2.75) is 25.7 Å². The van der Waals surface area contributed by atoms with E-state index in [0.717, 1.165) is 27.7 Å². The first kappa shape index (κ1) is 21.4. The fourth-order valence-corrected chi connectivity index (χ4v) is 4.44. The van der Waals surface area contributed by atoms with Gasteiger partial charge in [-0.1, -0.05) is 60.2 Å². The first-order chi connectivity index (χ1) is 14.2. The van der Waals surface area contributed by atoms with Crippen molar-refractivity contribution in [3.05, 3.63) is 89.7 Å². The topological polar surface area (TPSA) is 100.0 Å². The van der Waals surface area contributed by atoms with Gasteiger partial charge in [-0.25, -0.2) is 8.42 Å². The number of rotatable bonds is 2. The molecular formula is C23H23N3O3S. The predicted molar refractivity (Wildman–Crippen MR) is 116 cm³/mol. The van der Waals surface area contributed by atoms with E-state index in [9.17, 15) is 13.0 Å². The minimum absolute atomic E-state index is 0.0851. The smallest absolute Gasteiger partial charge is 0.310 e.